The number of likely N-dealkylation sites (tertiary alicyclic amines) is 2. The van der Waals surface area contributed by atoms with Crippen LogP contribution in [-0.2, 0) is 75.0 Å². The summed E-state index contributed by atoms with van der Waals surface area (Å²) in [6.07, 6.45) is -5.63. The molecule has 6 aromatic carbocycles. The Morgan fingerprint density at radius 3 is 0.973 bits per heavy atom. The molecule has 2 unspecified atom stereocenters. The Morgan fingerprint density at radius 2 is 0.678 bits per heavy atom. The number of thiophene rings is 3. The van der Waals surface area contributed by atoms with Crippen LogP contribution >= 0.6 is 34.0 Å². The van der Waals surface area contributed by atoms with E-state index >= 15 is 39.5 Å². The smallest absolute Gasteiger partial charge is 0.431 e. The van der Waals surface area contributed by atoms with Gasteiger partial charge in [-0.2, -0.15) is 0 Å². The van der Waals surface area contributed by atoms with Crippen molar-refractivity contribution in [2.75, 3.05) is 100 Å². The number of fused-ring (bicyclic) bond motifs is 12. The largest absolute Gasteiger partial charge is 0.514 e. The molecule has 6 atom stereocenters. The number of benzene rings is 6. The van der Waals surface area contributed by atoms with Gasteiger partial charge in [0.1, 0.15) is 48.2 Å². The Morgan fingerprint density at radius 1 is 0.384 bits per heavy atom. The van der Waals surface area contributed by atoms with E-state index in [2.05, 4.69) is 0 Å². The predicted molar refractivity (Wildman–Crippen MR) is 506 cm³/mol. The van der Waals surface area contributed by atoms with Gasteiger partial charge >= 0.3 is 18.5 Å². The van der Waals surface area contributed by atoms with E-state index in [-0.39, 0.29) is 131 Å². The van der Waals surface area contributed by atoms with Crippen LogP contribution in [0.3, 0.4) is 0 Å². The molecule has 43 heteroatoms. The topological polar surface area (TPSA) is 312 Å². The summed E-state index contributed by atoms with van der Waals surface area (Å²) in [5.74, 6) is -17.3. The summed E-state index contributed by atoms with van der Waals surface area (Å²) in [4.78, 5) is 154. The maximum absolute atomic E-state index is 15.9. The average molecular weight is 2060 g/mol. The van der Waals surface area contributed by atoms with Gasteiger partial charge in [-0.1, -0.05) is 91.0 Å². The fourth-order valence-corrected chi connectivity index (χ4v) is 26.1. The molecule has 0 bridgehead atoms. The minimum absolute atomic E-state index is 0.0229. The molecule has 5 saturated heterocycles. The van der Waals surface area contributed by atoms with E-state index < -0.39 is 196 Å². The first kappa shape index (κ1) is 93.4. The van der Waals surface area contributed by atoms with E-state index in [4.69, 9.17) is 42.6 Å². The van der Waals surface area contributed by atoms with Gasteiger partial charge in [-0.05, 0) is 115 Å². The van der Waals surface area contributed by atoms with E-state index in [0.29, 0.717) is 66.8 Å². The molecular weight excluding hydrogens is 1980 g/mol. The van der Waals surface area contributed by atoms with Crippen molar-refractivity contribution in [3.63, 3.8) is 0 Å². The van der Waals surface area contributed by atoms with Gasteiger partial charge in [-0.25, -0.2) is 53.9 Å². The van der Waals surface area contributed by atoms with Crippen LogP contribution in [0.4, 0.5) is 53.9 Å². The number of rotatable bonds is 9. The van der Waals surface area contributed by atoms with Crippen LogP contribution < -0.4 is 45.5 Å². The average Bonchev–Trinajstić information content (AvgIpc) is 1.41. The number of halogens is 9. The molecule has 6 aliphatic carbocycles. The number of nitrogens with zero attached hydrogens (tertiary/aromatic N) is 11. The number of carbonyl (C=O) groups is 8. The third-order valence-corrected chi connectivity index (χ3v) is 32.1. The standard InChI is InChI=1S/2C35H27F3N4O7S.C33H26F3N3O6S/c2*1-17(43)39-13-19(14-39)48-34(46)49-31-24(44)8-9-41-30(31)33(45)40-10-11-47-15-25(40)42(41)29-20-4-2-3-5-21(20)32-26-18(16-50-32)12-35(37,38)28-23(36)7-6-22(29)27(26)28;1-16(2)44-32(42)45-29-22(40)9-10-38-28(29)31(41)37-11-12-43-14-23(37)39(38)27-18-5-3-4-6-19(18)30-24-17(15-46-30)13-33(35,36)26-21(34)8-7-20(27)25(24)26/h2*2-9,16,19,25,29H,10-15H2,1H3;3-10,15-16,23,27H,11-14H2,1-2H3/t25-,29-;;23-,27-/m1.1/s1. The zero-order valence-electron chi connectivity index (χ0n) is 77.3. The minimum Gasteiger partial charge on any atom is -0.431 e. The highest BCUT2D eigenvalue weighted by molar-refractivity contribution is 7.15. The van der Waals surface area contributed by atoms with Crippen LogP contribution in [0.25, 0.3) is 64.7 Å². The second-order valence-corrected chi connectivity index (χ2v) is 40.3. The van der Waals surface area contributed by atoms with Crippen molar-refractivity contribution in [2.45, 2.75) is 120 Å². The van der Waals surface area contributed by atoms with Gasteiger partial charge in [-0.15, -0.1) is 34.0 Å². The summed E-state index contributed by atoms with van der Waals surface area (Å²) >= 11 is 3.95. The first-order chi connectivity index (χ1) is 70.1. The number of hydrogen-bond acceptors (Lipinski definition) is 26. The SMILES string of the molecule is CC(=O)N1CC(OC(=O)Oc2c3n(ccc2=O)N(C2c4ccccc4-c4scc5c4-c4c2ccc(F)c4C(F)(F)C5)C2COCCN2C3=O)C1.CC(=O)N1CC(OC(=O)Oc2c3n(ccc2=O)N([C@@H]2c4ccccc4-c4scc5c4-c4c2ccc(F)c4C(F)(F)C5)[C@@H]2COCCN2C3=O)C1.CC(C)OC(=O)Oc1c2n(ccc1=O)N([C@@H]1c3ccccc3-c3scc4c3-c3c1ccc(F)c3C(F)(F)C4)[C@@H]1COCCN1C2=O. The lowest BCUT2D eigenvalue weighted by atomic mass is 9.80. The molecule has 5 amide bonds. The van der Waals surface area contributed by atoms with Crippen LogP contribution in [0.5, 0.6) is 17.2 Å². The fraction of sp³-hybridized carbons (Fsp3) is 0.311. The van der Waals surface area contributed by atoms with Crippen LogP contribution in [0.1, 0.15) is 144 Å². The zero-order valence-corrected chi connectivity index (χ0v) is 79.8. The van der Waals surface area contributed by atoms with Gasteiger partial charge in [0.25, 0.3) is 35.5 Å². The van der Waals surface area contributed by atoms with E-state index in [1.165, 1.54) is 123 Å². The van der Waals surface area contributed by atoms with Gasteiger partial charge in [0, 0.05) is 138 Å². The number of alkyl halides is 6. The van der Waals surface area contributed by atoms with Crippen LogP contribution in [0.2, 0.25) is 0 Å². The second-order valence-electron chi connectivity index (χ2n) is 37.6. The molecule has 5 fully saturated rings. The Labute approximate surface area is 832 Å². The summed E-state index contributed by atoms with van der Waals surface area (Å²) in [6, 6.07) is 30.7. The molecule has 14 heterocycles. The Kier molecular flexibility index (Phi) is 22.2. The van der Waals surface area contributed by atoms with Gasteiger partial charge in [0.05, 0.1) is 107 Å². The maximum atomic E-state index is 15.9. The third-order valence-electron chi connectivity index (χ3n) is 28.9. The van der Waals surface area contributed by atoms with E-state index in [1.807, 2.05) is 72.8 Å². The van der Waals surface area contributed by atoms with Gasteiger partial charge in [-0.3, -0.25) is 67.4 Å². The van der Waals surface area contributed by atoms with Crippen LogP contribution in [-0.4, -0.2) is 209 Å². The molecule has 748 valence electrons. The number of ether oxygens (including phenoxy) is 9. The fourth-order valence-electron chi connectivity index (χ4n) is 22.7. The first-order valence-corrected chi connectivity index (χ1v) is 49.4. The number of hydrogen-bond donors (Lipinski definition) is 0. The quantitative estimate of drug-likeness (QED) is 0.0736. The zero-order chi connectivity index (χ0) is 101. The van der Waals surface area contributed by atoms with Crippen molar-refractivity contribution in [1.29, 1.82) is 0 Å². The summed E-state index contributed by atoms with van der Waals surface area (Å²) < 4.78 is 196. The van der Waals surface area contributed by atoms with Crippen molar-refractivity contribution in [3.05, 3.63) is 294 Å². The summed E-state index contributed by atoms with van der Waals surface area (Å²) in [6.45, 7) is 7.67. The number of morpholine rings is 3. The van der Waals surface area contributed by atoms with Gasteiger partial charge in [0.15, 0.2) is 17.1 Å². The van der Waals surface area contributed by atoms with Crippen molar-refractivity contribution in [1.82, 2.24) is 38.5 Å². The second kappa shape index (κ2) is 34.7. The number of carbonyl (C=O) groups excluding carboxylic acids is 8. The summed E-state index contributed by atoms with van der Waals surface area (Å²) in [5, 5.41) is 10.4. The summed E-state index contributed by atoms with van der Waals surface area (Å²) in [5.41, 5.74) is 3.67. The van der Waals surface area contributed by atoms with E-state index in [9.17, 15) is 52.7 Å². The Hall–Kier alpha value is -14.9. The van der Waals surface area contributed by atoms with Crippen LogP contribution in [0.15, 0.2) is 177 Å². The molecule has 12 aromatic rings. The molecule has 0 radical (unpaired) electrons. The molecular formula is C103H80F9N11O20S3. The molecule has 26 rings (SSSR count). The molecule has 8 aliphatic heterocycles. The van der Waals surface area contributed by atoms with E-state index in [1.54, 1.807) is 45.0 Å². The lowest BCUT2D eigenvalue weighted by Gasteiger charge is -2.51. The summed E-state index contributed by atoms with van der Waals surface area (Å²) in [7, 11) is 0. The minimum atomic E-state index is -3.49. The lowest BCUT2D eigenvalue weighted by molar-refractivity contribution is -0.140. The third kappa shape index (κ3) is 14.6. The molecule has 0 spiro atoms. The monoisotopic (exact) mass is 2060 g/mol. The maximum Gasteiger partial charge on any atom is 0.514 e. The van der Waals surface area contributed by atoms with Crippen molar-refractivity contribution >= 4 is 82.0 Å². The molecule has 31 nitrogen and oxygen atoms in total. The van der Waals surface area contributed by atoms with Crippen molar-refractivity contribution in [3.8, 4) is 82.0 Å². The first-order valence-electron chi connectivity index (χ1n) is 46.8. The lowest BCUT2D eigenvalue weighted by Crippen LogP contribution is -2.66. The Bertz CT molecular complexity index is 7580. The van der Waals surface area contributed by atoms with Gasteiger partial charge < -0.3 is 67.1 Å². The van der Waals surface area contributed by atoms with Crippen molar-refractivity contribution in [2.24, 2.45) is 0 Å². The highest BCUT2D eigenvalue weighted by Crippen LogP contribution is 2.63. The molecule has 146 heavy (non-hydrogen) atoms. The van der Waals surface area contributed by atoms with Gasteiger partial charge in [0.2, 0.25) is 45.3 Å². The number of aromatic nitrogens is 3. The molecule has 6 aromatic heterocycles. The normalized spacial score (nSPS) is 21.0. The highest BCUT2D eigenvalue weighted by Gasteiger charge is 2.58. The van der Waals surface area contributed by atoms with Crippen LogP contribution in [0, 0.1) is 17.5 Å². The van der Waals surface area contributed by atoms with Crippen molar-refractivity contribution < 1.29 is 121 Å². The van der Waals surface area contributed by atoms with E-state index in [0.717, 1.165) is 67.7 Å². The number of amides is 5. The molecule has 0 N–H and O–H groups in total. The molecule has 14 aliphatic rings. The highest BCUT2D eigenvalue weighted by atomic mass is 32.1. The number of pyridine rings is 3. The predicted octanol–water partition coefficient (Wildman–Crippen LogP) is 15.1. The Balaban J connectivity index is 0.000000118. The molecule has 0 saturated carbocycles.